The first-order chi connectivity index (χ1) is 8.86. The Morgan fingerprint density at radius 3 is 2.47 bits per heavy atom. The molecule has 0 unspecified atom stereocenters. The van der Waals surface area contributed by atoms with E-state index in [4.69, 9.17) is 10.5 Å². The van der Waals surface area contributed by atoms with Gasteiger partial charge in [0.1, 0.15) is 5.60 Å². The zero-order valence-electron chi connectivity index (χ0n) is 11.7. The monoisotopic (exact) mass is 263 g/mol. The van der Waals surface area contributed by atoms with Crippen LogP contribution in [-0.4, -0.2) is 41.2 Å². The van der Waals surface area contributed by atoms with E-state index in [1.54, 1.807) is 17.3 Å². The Bertz CT molecular complexity index is 448. The second kappa shape index (κ2) is 4.81. The maximum Gasteiger partial charge on any atom is 0.410 e. The molecule has 0 spiro atoms. The smallest absolute Gasteiger partial charge is 0.410 e. The maximum absolute atomic E-state index is 11.9. The van der Waals surface area contributed by atoms with Gasteiger partial charge in [-0.15, -0.1) is 0 Å². The number of amides is 1. The molecule has 104 valence electrons. The van der Waals surface area contributed by atoms with E-state index in [1.165, 1.54) is 0 Å². The molecule has 2 N–H and O–H groups in total. The van der Waals surface area contributed by atoms with Crippen molar-refractivity contribution < 1.29 is 9.53 Å². The summed E-state index contributed by atoms with van der Waals surface area (Å²) in [5.41, 5.74) is 6.40. The fourth-order valence-corrected chi connectivity index (χ4v) is 2.27. The molecule has 19 heavy (non-hydrogen) atoms. The van der Waals surface area contributed by atoms with Crippen molar-refractivity contribution in [2.24, 2.45) is 5.73 Å². The lowest BCUT2D eigenvalue weighted by atomic mass is 9.74. The summed E-state index contributed by atoms with van der Waals surface area (Å²) in [5, 5.41) is 0. The van der Waals surface area contributed by atoms with E-state index in [-0.39, 0.29) is 11.5 Å². The average Bonchev–Trinajstić information content (AvgIpc) is 2.27. The second-order valence-electron chi connectivity index (χ2n) is 6.06. The van der Waals surface area contributed by atoms with Gasteiger partial charge in [0, 0.05) is 37.4 Å². The largest absolute Gasteiger partial charge is 0.444 e. The highest BCUT2D eigenvalue weighted by atomic mass is 16.6. The van der Waals surface area contributed by atoms with Crippen LogP contribution in [0.4, 0.5) is 4.79 Å². The molecule has 2 rings (SSSR count). The summed E-state index contributed by atoms with van der Waals surface area (Å²) in [7, 11) is 0. The minimum atomic E-state index is -0.464. The van der Waals surface area contributed by atoms with Gasteiger partial charge in [-0.2, -0.15) is 0 Å². The number of rotatable bonds is 2. The van der Waals surface area contributed by atoms with Gasteiger partial charge in [-0.05, 0) is 38.5 Å². The first-order valence-corrected chi connectivity index (χ1v) is 6.45. The van der Waals surface area contributed by atoms with Gasteiger partial charge in [0.25, 0.3) is 0 Å². The number of aromatic nitrogens is 1. The van der Waals surface area contributed by atoms with Crippen LogP contribution in [-0.2, 0) is 10.2 Å². The van der Waals surface area contributed by atoms with Gasteiger partial charge in [-0.1, -0.05) is 0 Å². The van der Waals surface area contributed by atoms with E-state index < -0.39 is 5.60 Å². The van der Waals surface area contributed by atoms with Gasteiger partial charge in [-0.25, -0.2) is 4.79 Å². The molecule has 1 amide bonds. The summed E-state index contributed by atoms with van der Waals surface area (Å²) < 4.78 is 5.35. The van der Waals surface area contributed by atoms with Crippen molar-refractivity contribution in [1.29, 1.82) is 0 Å². The Labute approximate surface area is 113 Å². The van der Waals surface area contributed by atoms with E-state index >= 15 is 0 Å². The maximum atomic E-state index is 11.9. The molecule has 1 aromatic heterocycles. The Balaban J connectivity index is 2.02. The topological polar surface area (TPSA) is 68.5 Å². The lowest BCUT2D eigenvalue weighted by molar-refractivity contribution is -0.00825. The van der Waals surface area contributed by atoms with Crippen LogP contribution < -0.4 is 5.73 Å². The lowest BCUT2D eigenvalue weighted by Crippen LogP contribution is -2.64. The van der Waals surface area contributed by atoms with Gasteiger partial charge < -0.3 is 15.4 Å². The molecule has 5 heteroatoms. The van der Waals surface area contributed by atoms with Gasteiger partial charge in [0.15, 0.2) is 0 Å². The van der Waals surface area contributed by atoms with Crippen molar-refractivity contribution >= 4 is 6.09 Å². The summed E-state index contributed by atoms with van der Waals surface area (Å²) in [4.78, 5) is 17.6. The highest BCUT2D eigenvalue weighted by Gasteiger charge is 2.46. The SMILES string of the molecule is CC(C)(C)OC(=O)N1CC(CN)(c2ccncc2)C1. The normalized spacial score (nSPS) is 17.8. The van der Waals surface area contributed by atoms with Crippen LogP contribution in [0.1, 0.15) is 26.3 Å². The van der Waals surface area contributed by atoms with Crippen LogP contribution in [0.15, 0.2) is 24.5 Å². The van der Waals surface area contributed by atoms with Crippen molar-refractivity contribution in [2.75, 3.05) is 19.6 Å². The van der Waals surface area contributed by atoms with E-state index in [1.807, 2.05) is 32.9 Å². The Morgan fingerprint density at radius 2 is 2.00 bits per heavy atom. The molecule has 1 fully saturated rings. The van der Waals surface area contributed by atoms with Crippen LogP contribution >= 0.6 is 0 Å². The predicted molar refractivity (Wildman–Crippen MR) is 72.8 cm³/mol. The number of ether oxygens (including phenoxy) is 1. The summed E-state index contributed by atoms with van der Waals surface area (Å²) >= 11 is 0. The minimum Gasteiger partial charge on any atom is -0.444 e. The van der Waals surface area contributed by atoms with Crippen molar-refractivity contribution in [3.63, 3.8) is 0 Å². The Hall–Kier alpha value is -1.62. The molecule has 0 saturated carbocycles. The third-order valence-corrected chi connectivity index (χ3v) is 3.32. The van der Waals surface area contributed by atoms with Crippen molar-refractivity contribution in [2.45, 2.75) is 31.8 Å². The molecule has 1 aliphatic rings. The lowest BCUT2D eigenvalue weighted by Gasteiger charge is -2.49. The number of hydrogen-bond acceptors (Lipinski definition) is 4. The number of carbonyl (C=O) groups excluding carboxylic acids is 1. The number of likely N-dealkylation sites (tertiary alicyclic amines) is 1. The van der Waals surface area contributed by atoms with Crippen LogP contribution in [0.2, 0.25) is 0 Å². The van der Waals surface area contributed by atoms with E-state index in [9.17, 15) is 4.79 Å². The van der Waals surface area contributed by atoms with Gasteiger partial charge in [-0.3, -0.25) is 4.98 Å². The summed E-state index contributed by atoms with van der Waals surface area (Å²) in [6.45, 7) is 7.30. The van der Waals surface area contributed by atoms with E-state index in [0.717, 1.165) is 5.56 Å². The number of nitrogens with zero attached hydrogens (tertiary/aromatic N) is 2. The fraction of sp³-hybridized carbons (Fsp3) is 0.571. The molecule has 0 atom stereocenters. The van der Waals surface area contributed by atoms with E-state index in [2.05, 4.69) is 4.98 Å². The first-order valence-electron chi connectivity index (χ1n) is 6.45. The molecule has 0 aromatic carbocycles. The van der Waals surface area contributed by atoms with Gasteiger partial charge in [0.2, 0.25) is 0 Å². The standard InChI is InChI=1S/C14H21N3O2/c1-13(2,3)19-12(18)17-9-14(8-15,10-17)11-4-6-16-7-5-11/h4-7H,8-10,15H2,1-3H3. The molecular formula is C14H21N3O2. The number of nitrogens with two attached hydrogens (primary N) is 1. The highest BCUT2D eigenvalue weighted by molar-refractivity contribution is 5.70. The first kappa shape index (κ1) is 13.8. The number of carbonyl (C=O) groups is 1. The molecule has 0 bridgehead atoms. The molecular weight excluding hydrogens is 242 g/mol. The summed E-state index contributed by atoms with van der Waals surface area (Å²) in [5.74, 6) is 0. The van der Waals surface area contributed by atoms with Crippen LogP contribution in [0.3, 0.4) is 0 Å². The molecule has 1 aromatic rings. The Kier molecular flexibility index (Phi) is 3.49. The average molecular weight is 263 g/mol. The second-order valence-corrected chi connectivity index (χ2v) is 6.06. The third-order valence-electron chi connectivity index (χ3n) is 3.32. The summed E-state index contributed by atoms with van der Waals surface area (Å²) in [6, 6.07) is 3.92. The fourth-order valence-electron chi connectivity index (χ4n) is 2.27. The minimum absolute atomic E-state index is 0.153. The van der Waals surface area contributed by atoms with Crippen LogP contribution in [0, 0.1) is 0 Å². The summed E-state index contributed by atoms with van der Waals surface area (Å²) in [6.07, 6.45) is 3.23. The predicted octanol–water partition coefficient (Wildman–Crippen LogP) is 1.53. The highest BCUT2D eigenvalue weighted by Crippen LogP contribution is 2.34. The van der Waals surface area contributed by atoms with Crippen molar-refractivity contribution in [3.05, 3.63) is 30.1 Å². The van der Waals surface area contributed by atoms with Crippen molar-refractivity contribution in [1.82, 2.24) is 9.88 Å². The molecule has 2 heterocycles. The quantitative estimate of drug-likeness (QED) is 0.878. The Morgan fingerprint density at radius 1 is 1.42 bits per heavy atom. The van der Waals surface area contributed by atoms with E-state index in [0.29, 0.717) is 19.6 Å². The zero-order valence-corrected chi connectivity index (χ0v) is 11.7. The number of hydrogen-bond donors (Lipinski definition) is 1. The van der Waals surface area contributed by atoms with Crippen LogP contribution in [0.25, 0.3) is 0 Å². The van der Waals surface area contributed by atoms with Crippen LogP contribution in [0.5, 0.6) is 0 Å². The molecule has 0 radical (unpaired) electrons. The van der Waals surface area contributed by atoms with Gasteiger partial charge >= 0.3 is 6.09 Å². The molecule has 1 aliphatic heterocycles. The third kappa shape index (κ3) is 2.87. The molecule has 1 saturated heterocycles. The molecule has 0 aliphatic carbocycles. The van der Waals surface area contributed by atoms with Crippen molar-refractivity contribution in [3.8, 4) is 0 Å². The van der Waals surface area contributed by atoms with Gasteiger partial charge in [0.05, 0.1) is 0 Å². The number of pyridine rings is 1. The molecule has 5 nitrogen and oxygen atoms in total. The zero-order chi connectivity index (χ0) is 14.1.